The Morgan fingerprint density at radius 2 is 2.16 bits per heavy atom. The third-order valence-electron chi connectivity index (χ3n) is 3.14. The Morgan fingerprint density at radius 1 is 1.32 bits per heavy atom. The number of carboxylic acid groups (broad SMARTS) is 1. The molecular weight excluding hydrogens is 344 g/mol. The highest BCUT2D eigenvalue weighted by Gasteiger charge is 2.23. The van der Waals surface area contributed by atoms with Crippen LogP contribution in [0.2, 0.25) is 0 Å². The van der Waals surface area contributed by atoms with Crippen LogP contribution in [0.1, 0.15) is 16.1 Å². The summed E-state index contributed by atoms with van der Waals surface area (Å²) in [5, 5.41) is 21.5. The van der Waals surface area contributed by atoms with E-state index in [4.69, 9.17) is 9.52 Å². The number of carboxylic acids is 1. The first-order valence-corrected chi connectivity index (χ1v) is 7.90. The SMILES string of the molecule is O=C1NC(=Nc2ccc(C(=O)O)c(O)c2)SC1=CC=Cc1ccco1. The zero-order valence-electron chi connectivity index (χ0n) is 12.7. The second-order valence-electron chi connectivity index (χ2n) is 4.89. The number of nitrogens with zero attached hydrogens (tertiary/aromatic N) is 1. The second kappa shape index (κ2) is 7.10. The number of carbonyl (C=O) groups excluding carboxylic acids is 1. The molecule has 0 radical (unpaired) electrons. The first-order chi connectivity index (χ1) is 12.0. The maximum atomic E-state index is 11.9. The van der Waals surface area contributed by atoms with Gasteiger partial charge in [0.15, 0.2) is 5.17 Å². The fourth-order valence-electron chi connectivity index (χ4n) is 2.00. The molecule has 0 spiro atoms. The van der Waals surface area contributed by atoms with Crippen LogP contribution in [0.4, 0.5) is 5.69 Å². The molecule has 1 aromatic carbocycles. The predicted octanol–water partition coefficient (Wildman–Crippen LogP) is 3.13. The highest BCUT2D eigenvalue weighted by Crippen LogP contribution is 2.29. The zero-order chi connectivity index (χ0) is 17.8. The summed E-state index contributed by atoms with van der Waals surface area (Å²) in [5.74, 6) is -1.24. The highest BCUT2D eigenvalue weighted by atomic mass is 32.2. The molecule has 126 valence electrons. The lowest BCUT2D eigenvalue weighted by molar-refractivity contribution is -0.115. The van der Waals surface area contributed by atoms with Crippen molar-refractivity contribution in [2.24, 2.45) is 4.99 Å². The van der Waals surface area contributed by atoms with Crippen molar-refractivity contribution in [3.05, 3.63) is 65.0 Å². The Balaban J connectivity index is 1.74. The number of carbonyl (C=O) groups is 2. The molecule has 1 saturated heterocycles. The molecule has 25 heavy (non-hydrogen) atoms. The lowest BCUT2D eigenvalue weighted by atomic mass is 10.2. The summed E-state index contributed by atoms with van der Waals surface area (Å²) in [4.78, 5) is 27.4. The normalized spacial score (nSPS) is 17.5. The van der Waals surface area contributed by atoms with E-state index in [0.717, 1.165) is 11.8 Å². The molecule has 3 N–H and O–H groups in total. The summed E-state index contributed by atoms with van der Waals surface area (Å²) >= 11 is 1.14. The number of allylic oxidation sites excluding steroid dienone is 2. The van der Waals surface area contributed by atoms with Crippen molar-refractivity contribution in [1.82, 2.24) is 5.32 Å². The third-order valence-corrected chi connectivity index (χ3v) is 4.07. The molecule has 7 nitrogen and oxygen atoms in total. The number of aliphatic imine (C=N–C) groups is 1. The van der Waals surface area contributed by atoms with Crippen molar-refractivity contribution in [2.45, 2.75) is 0 Å². The van der Waals surface area contributed by atoms with Gasteiger partial charge in [-0.15, -0.1) is 0 Å². The molecule has 2 heterocycles. The number of furan rings is 1. The van der Waals surface area contributed by atoms with Gasteiger partial charge in [0.1, 0.15) is 17.1 Å². The number of amidine groups is 1. The Morgan fingerprint density at radius 3 is 2.84 bits per heavy atom. The van der Waals surface area contributed by atoms with E-state index in [9.17, 15) is 14.7 Å². The Hall–Kier alpha value is -3.26. The number of benzene rings is 1. The molecule has 1 aromatic heterocycles. The van der Waals surface area contributed by atoms with Gasteiger partial charge >= 0.3 is 5.97 Å². The average molecular weight is 356 g/mol. The smallest absolute Gasteiger partial charge is 0.339 e. The fraction of sp³-hybridized carbons (Fsp3) is 0. The molecular formula is C17H12N2O5S. The van der Waals surface area contributed by atoms with Crippen molar-refractivity contribution in [2.75, 3.05) is 0 Å². The first kappa shape index (κ1) is 16.6. The maximum Gasteiger partial charge on any atom is 0.339 e. The van der Waals surface area contributed by atoms with Gasteiger partial charge in [0.2, 0.25) is 0 Å². The van der Waals surface area contributed by atoms with Crippen molar-refractivity contribution in [1.29, 1.82) is 0 Å². The molecule has 1 aliphatic heterocycles. The van der Waals surface area contributed by atoms with Crippen molar-refractivity contribution in [3.63, 3.8) is 0 Å². The van der Waals surface area contributed by atoms with Gasteiger partial charge in [0.25, 0.3) is 5.91 Å². The number of amides is 1. The molecule has 3 rings (SSSR count). The summed E-state index contributed by atoms with van der Waals surface area (Å²) in [5.41, 5.74) is 0.119. The summed E-state index contributed by atoms with van der Waals surface area (Å²) in [6.45, 7) is 0. The van der Waals surface area contributed by atoms with Gasteiger partial charge in [0.05, 0.1) is 16.9 Å². The van der Waals surface area contributed by atoms with Crippen LogP contribution in [0, 0.1) is 0 Å². The Kier molecular flexibility index (Phi) is 4.71. The molecule has 1 amide bonds. The van der Waals surface area contributed by atoms with Gasteiger partial charge < -0.3 is 19.9 Å². The molecule has 0 saturated carbocycles. The molecule has 1 aliphatic rings. The minimum atomic E-state index is -1.23. The van der Waals surface area contributed by atoms with E-state index in [0.29, 0.717) is 21.5 Å². The molecule has 1 fully saturated rings. The maximum absolute atomic E-state index is 11.9. The lowest BCUT2D eigenvalue weighted by Crippen LogP contribution is -2.19. The van der Waals surface area contributed by atoms with Crippen LogP contribution >= 0.6 is 11.8 Å². The van der Waals surface area contributed by atoms with Gasteiger partial charge in [-0.1, -0.05) is 6.08 Å². The minimum Gasteiger partial charge on any atom is -0.507 e. The Labute approximate surface area is 146 Å². The van der Waals surface area contributed by atoms with E-state index < -0.39 is 5.97 Å². The standard InChI is InChI=1S/C17H12N2O5S/c20-13-9-10(6-7-12(13)16(22)23)18-17-19-15(21)14(25-17)5-1-3-11-4-2-8-24-11/h1-9,20H,(H,22,23)(H,18,19,21). The molecule has 2 aromatic rings. The summed E-state index contributed by atoms with van der Waals surface area (Å²) in [6, 6.07) is 7.47. The molecule has 0 unspecified atom stereocenters. The topological polar surface area (TPSA) is 112 Å². The zero-order valence-corrected chi connectivity index (χ0v) is 13.5. The quantitative estimate of drug-likeness (QED) is 0.726. The van der Waals surface area contributed by atoms with E-state index in [2.05, 4.69) is 10.3 Å². The van der Waals surface area contributed by atoms with Crippen LogP contribution in [0.25, 0.3) is 6.08 Å². The van der Waals surface area contributed by atoms with Crippen LogP contribution in [0.5, 0.6) is 5.75 Å². The average Bonchev–Trinajstić information content (AvgIpc) is 3.17. The number of aromatic hydroxyl groups is 1. The minimum absolute atomic E-state index is 0.212. The molecule has 0 bridgehead atoms. The van der Waals surface area contributed by atoms with Gasteiger partial charge in [-0.2, -0.15) is 0 Å². The number of hydrogen-bond acceptors (Lipinski definition) is 6. The number of rotatable bonds is 4. The second-order valence-corrected chi connectivity index (χ2v) is 5.92. The van der Waals surface area contributed by atoms with Gasteiger partial charge in [-0.3, -0.25) is 4.79 Å². The Bertz CT molecular complexity index is 913. The fourth-order valence-corrected chi connectivity index (χ4v) is 2.79. The van der Waals surface area contributed by atoms with Crippen LogP contribution < -0.4 is 5.32 Å². The molecule has 8 heteroatoms. The van der Waals surface area contributed by atoms with Gasteiger partial charge in [0, 0.05) is 6.07 Å². The van der Waals surface area contributed by atoms with Crippen LogP contribution in [-0.2, 0) is 4.79 Å². The monoisotopic (exact) mass is 356 g/mol. The van der Waals surface area contributed by atoms with Crippen LogP contribution in [0.15, 0.2) is 63.1 Å². The van der Waals surface area contributed by atoms with E-state index in [1.807, 2.05) is 0 Å². The lowest BCUT2D eigenvalue weighted by Gasteiger charge is -2.01. The van der Waals surface area contributed by atoms with E-state index >= 15 is 0 Å². The summed E-state index contributed by atoms with van der Waals surface area (Å²) in [7, 11) is 0. The van der Waals surface area contributed by atoms with Crippen molar-refractivity contribution in [3.8, 4) is 5.75 Å². The van der Waals surface area contributed by atoms with E-state index in [1.54, 1.807) is 36.6 Å². The largest absolute Gasteiger partial charge is 0.507 e. The van der Waals surface area contributed by atoms with Crippen molar-refractivity contribution >= 4 is 40.6 Å². The number of thioether (sulfide) groups is 1. The molecule has 0 aliphatic carbocycles. The van der Waals surface area contributed by atoms with Crippen LogP contribution in [0.3, 0.4) is 0 Å². The number of hydrogen-bond donors (Lipinski definition) is 3. The van der Waals surface area contributed by atoms with Gasteiger partial charge in [-0.25, -0.2) is 9.79 Å². The number of nitrogens with one attached hydrogen (secondary N) is 1. The number of aromatic carboxylic acids is 1. The van der Waals surface area contributed by atoms with Crippen LogP contribution in [-0.4, -0.2) is 27.3 Å². The summed E-state index contributed by atoms with van der Waals surface area (Å²) in [6.07, 6.45) is 6.60. The molecule has 0 atom stereocenters. The number of phenols is 1. The summed E-state index contributed by atoms with van der Waals surface area (Å²) < 4.78 is 5.15. The first-order valence-electron chi connectivity index (χ1n) is 7.09. The van der Waals surface area contributed by atoms with Crippen molar-refractivity contribution < 1.29 is 24.2 Å². The van der Waals surface area contributed by atoms with E-state index in [-0.39, 0.29) is 17.2 Å². The van der Waals surface area contributed by atoms with E-state index in [1.165, 1.54) is 18.2 Å². The van der Waals surface area contributed by atoms with Gasteiger partial charge in [-0.05, 0) is 48.2 Å². The predicted molar refractivity (Wildman–Crippen MR) is 93.7 cm³/mol. The highest BCUT2D eigenvalue weighted by molar-refractivity contribution is 8.18. The third kappa shape index (κ3) is 3.99.